The lowest BCUT2D eigenvalue weighted by Crippen LogP contribution is -2.37. The third-order valence-corrected chi connectivity index (χ3v) is 4.95. The van der Waals surface area contributed by atoms with Gasteiger partial charge in [-0.1, -0.05) is 25.6 Å². The van der Waals surface area contributed by atoms with Crippen LogP contribution in [0.2, 0.25) is 0 Å². The van der Waals surface area contributed by atoms with Gasteiger partial charge in [0.25, 0.3) is 0 Å². The number of hydrogen-bond donors (Lipinski definition) is 1. The highest BCUT2D eigenvalue weighted by molar-refractivity contribution is 8.14. The lowest BCUT2D eigenvalue weighted by molar-refractivity contribution is -0.131. The molecule has 0 spiro atoms. The standard InChI is InChI=1S/C15H27N3OS/c1-12(2)10-13-11-17-15(20-13)16-7-6-14(19)18-8-4-3-5-9-18/h12-13H,3-11H2,1-2H3,(H,16,17). The Balaban J connectivity index is 1.60. The summed E-state index contributed by atoms with van der Waals surface area (Å²) in [6.45, 7) is 8.04. The van der Waals surface area contributed by atoms with Crippen LogP contribution in [0.15, 0.2) is 4.99 Å². The number of nitrogens with one attached hydrogen (secondary N) is 1. The van der Waals surface area contributed by atoms with E-state index in [4.69, 9.17) is 0 Å². The van der Waals surface area contributed by atoms with Crippen LogP contribution in [-0.2, 0) is 4.79 Å². The fraction of sp³-hybridized carbons (Fsp3) is 0.867. The summed E-state index contributed by atoms with van der Waals surface area (Å²) in [5.74, 6) is 1.02. The van der Waals surface area contributed by atoms with Crippen molar-refractivity contribution >= 4 is 22.8 Å². The van der Waals surface area contributed by atoms with E-state index in [1.807, 2.05) is 16.7 Å². The molecule has 0 aliphatic carbocycles. The Morgan fingerprint density at radius 3 is 2.85 bits per heavy atom. The summed E-state index contributed by atoms with van der Waals surface area (Å²) in [7, 11) is 0. The molecule has 1 saturated heterocycles. The molecule has 2 rings (SSSR count). The van der Waals surface area contributed by atoms with Crippen molar-refractivity contribution in [2.75, 3.05) is 26.2 Å². The van der Waals surface area contributed by atoms with Gasteiger partial charge in [0.05, 0.1) is 6.54 Å². The summed E-state index contributed by atoms with van der Waals surface area (Å²) < 4.78 is 0. The van der Waals surface area contributed by atoms with Gasteiger partial charge in [0.15, 0.2) is 5.17 Å². The molecule has 2 aliphatic heterocycles. The van der Waals surface area contributed by atoms with Gasteiger partial charge in [0.1, 0.15) is 0 Å². The van der Waals surface area contributed by atoms with Crippen molar-refractivity contribution in [2.24, 2.45) is 10.9 Å². The molecule has 1 amide bonds. The van der Waals surface area contributed by atoms with E-state index in [0.29, 0.717) is 17.6 Å². The average Bonchev–Trinajstić information content (AvgIpc) is 2.86. The Kier molecular flexibility index (Phi) is 6.20. The van der Waals surface area contributed by atoms with Crippen molar-refractivity contribution in [3.8, 4) is 0 Å². The molecule has 20 heavy (non-hydrogen) atoms. The van der Waals surface area contributed by atoms with Crippen molar-refractivity contribution in [2.45, 2.75) is 51.2 Å². The van der Waals surface area contributed by atoms with Crippen LogP contribution < -0.4 is 5.32 Å². The predicted molar refractivity (Wildman–Crippen MR) is 86.2 cm³/mol. The Hall–Kier alpha value is -0.710. The molecule has 0 aromatic carbocycles. The van der Waals surface area contributed by atoms with E-state index in [0.717, 1.165) is 37.3 Å². The highest BCUT2D eigenvalue weighted by Crippen LogP contribution is 2.25. The second-order valence-electron chi connectivity index (χ2n) is 6.13. The maximum atomic E-state index is 12.0. The zero-order chi connectivity index (χ0) is 14.4. The SMILES string of the molecule is CC(C)CC1CN=C(NCCC(=O)N2CCCCC2)S1. The van der Waals surface area contributed by atoms with E-state index in [9.17, 15) is 4.79 Å². The molecule has 2 aliphatic rings. The summed E-state index contributed by atoms with van der Waals surface area (Å²) in [6, 6.07) is 0. The number of carbonyl (C=O) groups is 1. The van der Waals surface area contributed by atoms with Crippen molar-refractivity contribution in [1.29, 1.82) is 0 Å². The first-order chi connectivity index (χ1) is 9.65. The summed E-state index contributed by atoms with van der Waals surface area (Å²) in [5.41, 5.74) is 0. The Labute approximate surface area is 126 Å². The molecule has 1 fully saturated rings. The number of nitrogens with zero attached hydrogens (tertiary/aromatic N) is 2. The number of likely N-dealkylation sites (tertiary alicyclic amines) is 1. The van der Waals surface area contributed by atoms with Gasteiger partial charge >= 0.3 is 0 Å². The van der Waals surface area contributed by atoms with E-state index in [1.54, 1.807) is 0 Å². The normalized spacial score (nSPS) is 23.1. The van der Waals surface area contributed by atoms with Crippen molar-refractivity contribution in [3.63, 3.8) is 0 Å². The Bertz CT molecular complexity index is 351. The average molecular weight is 297 g/mol. The van der Waals surface area contributed by atoms with Gasteiger partial charge in [-0.25, -0.2) is 0 Å². The van der Waals surface area contributed by atoms with E-state index in [-0.39, 0.29) is 0 Å². The van der Waals surface area contributed by atoms with Gasteiger partial charge in [0.2, 0.25) is 5.91 Å². The van der Waals surface area contributed by atoms with Gasteiger partial charge in [-0.05, 0) is 31.6 Å². The predicted octanol–water partition coefficient (Wildman–Crippen LogP) is 2.50. The maximum Gasteiger partial charge on any atom is 0.224 e. The van der Waals surface area contributed by atoms with Crippen LogP contribution in [0.4, 0.5) is 0 Å². The number of aliphatic imine (C=N–C) groups is 1. The molecule has 0 aromatic rings. The molecular weight excluding hydrogens is 270 g/mol. The molecule has 0 radical (unpaired) electrons. The number of rotatable bonds is 5. The molecule has 0 saturated carbocycles. The van der Waals surface area contributed by atoms with Crippen LogP contribution in [-0.4, -0.2) is 47.4 Å². The number of thioether (sulfide) groups is 1. The molecular formula is C15H27N3OS. The number of amides is 1. The maximum absolute atomic E-state index is 12.0. The molecule has 0 bridgehead atoms. The van der Waals surface area contributed by atoms with Gasteiger partial charge in [0, 0.05) is 31.3 Å². The number of hydrogen-bond acceptors (Lipinski definition) is 4. The second-order valence-corrected chi connectivity index (χ2v) is 7.42. The van der Waals surface area contributed by atoms with Crippen LogP contribution in [0, 0.1) is 5.92 Å². The lowest BCUT2D eigenvalue weighted by atomic mass is 10.1. The lowest BCUT2D eigenvalue weighted by Gasteiger charge is -2.26. The van der Waals surface area contributed by atoms with Crippen molar-refractivity contribution in [3.05, 3.63) is 0 Å². The summed E-state index contributed by atoms with van der Waals surface area (Å²) in [4.78, 5) is 18.6. The molecule has 114 valence electrons. The fourth-order valence-corrected chi connectivity index (χ4v) is 4.02. The van der Waals surface area contributed by atoms with E-state index < -0.39 is 0 Å². The minimum absolute atomic E-state index is 0.291. The van der Waals surface area contributed by atoms with Gasteiger partial charge < -0.3 is 10.2 Å². The zero-order valence-electron chi connectivity index (χ0n) is 12.7. The molecule has 1 unspecified atom stereocenters. The topological polar surface area (TPSA) is 44.7 Å². The summed E-state index contributed by atoms with van der Waals surface area (Å²) in [5, 5.41) is 4.97. The van der Waals surface area contributed by atoms with Crippen LogP contribution in [0.5, 0.6) is 0 Å². The van der Waals surface area contributed by atoms with Crippen molar-refractivity contribution < 1.29 is 4.79 Å². The third-order valence-electron chi connectivity index (χ3n) is 3.77. The highest BCUT2D eigenvalue weighted by Gasteiger charge is 2.21. The minimum Gasteiger partial charge on any atom is -0.364 e. The van der Waals surface area contributed by atoms with Crippen LogP contribution in [0.25, 0.3) is 0 Å². The van der Waals surface area contributed by atoms with Gasteiger partial charge in [-0.3, -0.25) is 9.79 Å². The molecule has 2 heterocycles. The van der Waals surface area contributed by atoms with Crippen LogP contribution in [0.1, 0.15) is 46.0 Å². The van der Waals surface area contributed by atoms with E-state index in [2.05, 4.69) is 24.2 Å². The first-order valence-corrected chi connectivity index (χ1v) is 8.76. The molecule has 1 N–H and O–H groups in total. The van der Waals surface area contributed by atoms with Crippen LogP contribution in [0.3, 0.4) is 0 Å². The second kappa shape index (κ2) is 7.91. The van der Waals surface area contributed by atoms with E-state index in [1.165, 1.54) is 25.7 Å². The Morgan fingerprint density at radius 1 is 1.40 bits per heavy atom. The first kappa shape index (κ1) is 15.7. The molecule has 0 aromatic heterocycles. The zero-order valence-corrected chi connectivity index (χ0v) is 13.5. The minimum atomic E-state index is 0.291. The third kappa shape index (κ3) is 5.00. The summed E-state index contributed by atoms with van der Waals surface area (Å²) in [6.07, 6.45) is 5.41. The molecule has 5 heteroatoms. The Morgan fingerprint density at radius 2 is 2.15 bits per heavy atom. The number of piperidine rings is 1. The quantitative estimate of drug-likeness (QED) is 0.848. The monoisotopic (exact) mass is 297 g/mol. The number of carbonyl (C=O) groups excluding carboxylic acids is 1. The van der Waals surface area contributed by atoms with E-state index >= 15 is 0 Å². The largest absolute Gasteiger partial charge is 0.364 e. The first-order valence-electron chi connectivity index (χ1n) is 7.88. The van der Waals surface area contributed by atoms with Gasteiger partial charge in [-0.2, -0.15) is 0 Å². The highest BCUT2D eigenvalue weighted by atomic mass is 32.2. The number of amidine groups is 1. The summed E-state index contributed by atoms with van der Waals surface area (Å²) >= 11 is 1.84. The van der Waals surface area contributed by atoms with Crippen molar-refractivity contribution in [1.82, 2.24) is 10.2 Å². The molecule has 1 atom stereocenters. The molecule has 4 nitrogen and oxygen atoms in total. The fourth-order valence-electron chi connectivity index (χ4n) is 2.74. The van der Waals surface area contributed by atoms with Gasteiger partial charge in [-0.15, -0.1) is 0 Å². The smallest absolute Gasteiger partial charge is 0.224 e. The van der Waals surface area contributed by atoms with Crippen LogP contribution >= 0.6 is 11.8 Å².